The minimum Gasteiger partial charge on any atom is -0.378 e. The van der Waals surface area contributed by atoms with Crippen molar-refractivity contribution in [3.05, 3.63) is 88.5 Å². The van der Waals surface area contributed by atoms with Crippen molar-refractivity contribution in [2.24, 2.45) is 0 Å². The number of likely N-dealkylation sites (N-methyl/N-ethyl adjacent to an activating group) is 1. The quantitative estimate of drug-likeness (QED) is 0.206. The zero-order valence-electron chi connectivity index (χ0n) is 27.2. The van der Waals surface area contributed by atoms with E-state index in [0.717, 1.165) is 78.1 Å². The van der Waals surface area contributed by atoms with E-state index >= 15 is 0 Å². The number of rotatable bonds is 9. The van der Waals surface area contributed by atoms with Gasteiger partial charge in [0.2, 0.25) is 5.56 Å². The molecule has 9 nitrogen and oxygen atoms in total. The Kier molecular flexibility index (Phi) is 9.90. The standard InChI is InChI=1S/C36H42N6O3S2/c1-24-7-9-28(37-22-24)35(30-23-41(13-18-45-30)12-11-40(2)3)38-25-8-10-31-33(19-25)46-32-6-4-5-27(36(32)47-31)29-20-26(21-34(43)39-29)42-14-16-44-17-15-42/h4-10,19-22,30,35,38H,11-18,23H2,1-3H3,(H,39,43)/t30-,35?/m1/s1. The molecule has 0 radical (unpaired) electrons. The van der Waals surface area contributed by atoms with Crippen molar-refractivity contribution in [2.75, 3.05) is 83.4 Å². The summed E-state index contributed by atoms with van der Waals surface area (Å²) in [6.45, 7) is 9.52. The molecule has 4 aromatic rings. The molecule has 7 rings (SSSR count). The molecule has 1 unspecified atom stereocenters. The van der Waals surface area contributed by atoms with E-state index in [0.29, 0.717) is 19.8 Å². The fraction of sp³-hybridized carbons (Fsp3) is 0.389. The van der Waals surface area contributed by atoms with Gasteiger partial charge in [0.15, 0.2) is 0 Å². The molecule has 5 heterocycles. The molecule has 2 N–H and O–H groups in total. The summed E-state index contributed by atoms with van der Waals surface area (Å²) in [5.41, 5.74) is 5.89. The van der Waals surface area contributed by atoms with E-state index in [1.807, 2.05) is 6.20 Å². The maximum Gasteiger partial charge on any atom is 0.250 e. The number of aromatic amines is 1. The van der Waals surface area contributed by atoms with Gasteiger partial charge < -0.3 is 29.6 Å². The number of nitrogens with zero attached hydrogens (tertiary/aromatic N) is 4. The predicted molar refractivity (Wildman–Crippen MR) is 190 cm³/mol. The summed E-state index contributed by atoms with van der Waals surface area (Å²) in [6, 6.07) is 20.9. The normalized spacial score (nSPS) is 18.9. The summed E-state index contributed by atoms with van der Waals surface area (Å²) in [5.74, 6) is 0. The van der Waals surface area contributed by atoms with Gasteiger partial charge >= 0.3 is 0 Å². The monoisotopic (exact) mass is 670 g/mol. The second-order valence-corrected chi connectivity index (χ2v) is 14.7. The first-order chi connectivity index (χ1) is 22.9. The molecular weight excluding hydrogens is 629 g/mol. The summed E-state index contributed by atoms with van der Waals surface area (Å²) in [7, 11) is 4.24. The smallest absolute Gasteiger partial charge is 0.250 e. The molecule has 0 saturated carbocycles. The van der Waals surface area contributed by atoms with Crippen LogP contribution in [0.25, 0.3) is 11.3 Å². The van der Waals surface area contributed by atoms with Crippen LogP contribution < -0.4 is 15.8 Å². The third-order valence-electron chi connectivity index (χ3n) is 8.84. The van der Waals surface area contributed by atoms with E-state index in [1.165, 1.54) is 14.7 Å². The van der Waals surface area contributed by atoms with Crippen molar-refractivity contribution in [3.8, 4) is 11.3 Å². The second kappa shape index (κ2) is 14.4. The van der Waals surface area contributed by atoms with Gasteiger partial charge in [-0.2, -0.15) is 0 Å². The third-order valence-corrected chi connectivity index (χ3v) is 11.4. The van der Waals surface area contributed by atoms with E-state index in [-0.39, 0.29) is 17.7 Å². The fourth-order valence-electron chi connectivity index (χ4n) is 6.26. The predicted octanol–water partition coefficient (Wildman–Crippen LogP) is 5.61. The van der Waals surface area contributed by atoms with Crippen molar-refractivity contribution in [1.29, 1.82) is 0 Å². The highest BCUT2D eigenvalue weighted by Gasteiger charge is 2.31. The average molecular weight is 671 g/mol. The molecule has 0 aliphatic carbocycles. The number of ether oxygens (including phenoxy) is 2. The Morgan fingerprint density at radius 2 is 1.87 bits per heavy atom. The van der Waals surface area contributed by atoms with Crippen LogP contribution >= 0.6 is 23.5 Å². The number of hydrogen-bond donors (Lipinski definition) is 2. The van der Waals surface area contributed by atoms with Crippen LogP contribution in [0.15, 0.2) is 91.2 Å². The lowest BCUT2D eigenvalue weighted by molar-refractivity contribution is -0.0392. The van der Waals surface area contributed by atoms with Gasteiger partial charge in [0.1, 0.15) is 0 Å². The number of nitrogens with one attached hydrogen (secondary N) is 2. The zero-order valence-corrected chi connectivity index (χ0v) is 28.8. The summed E-state index contributed by atoms with van der Waals surface area (Å²) < 4.78 is 11.9. The molecule has 2 fully saturated rings. The Balaban J connectivity index is 1.14. The van der Waals surface area contributed by atoms with Crippen molar-refractivity contribution < 1.29 is 9.47 Å². The van der Waals surface area contributed by atoms with Crippen molar-refractivity contribution in [1.82, 2.24) is 19.8 Å². The van der Waals surface area contributed by atoms with Crippen LogP contribution in [-0.2, 0) is 9.47 Å². The number of aromatic nitrogens is 2. The van der Waals surface area contributed by atoms with E-state index < -0.39 is 0 Å². The molecule has 2 saturated heterocycles. The number of aryl methyl sites for hydroxylation is 1. The van der Waals surface area contributed by atoms with Gasteiger partial charge in [0, 0.05) is 88.1 Å². The molecule has 47 heavy (non-hydrogen) atoms. The SMILES string of the molecule is Cc1ccc(C(Nc2ccc3c(c2)Sc2cccc(-c4cc(N5CCOCC5)cc(=O)[nH]4)c2S3)[C@H]2CN(CCN(C)C)CCO2)nc1. The van der Waals surface area contributed by atoms with Crippen molar-refractivity contribution in [2.45, 2.75) is 38.7 Å². The molecule has 3 aliphatic rings. The minimum absolute atomic E-state index is 0.0298. The number of benzene rings is 2. The van der Waals surface area contributed by atoms with Gasteiger partial charge in [-0.3, -0.25) is 14.7 Å². The minimum atomic E-state index is -0.0912. The Bertz CT molecular complexity index is 1760. The maximum atomic E-state index is 12.8. The first kappa shape index (κ1) is 32.2. The van der Waals surface area contributed by atoms with E-state index in [9.17, 15) is 4.79 Å². The van der Waals surface area contributed by atoms with Crippen LogP contribution in [0.5, 0.6) is 0 Å². The van der Waals surface area contributed by atoms with Gasteiger partial charge in [0.05, 0.1) is 43.4 Å². The van der Waals surface area contributed by atoms with Crippen molar-refractivity contribution >= 4 is 34.9 Å². The third kappa shape index (κ3) is 7.56. The van der Waals surface area contributed by atoms with Gasteiger partial charge in [-0.05, 0) is 63.0 Å². The van der Waals surface area contributed by atoms with E-state index in [1.54, 1.807) is 29.6 Å². The highest BCUT2D eigenvalue weighted by Crippen LogP contribution is 2.52. The van der Waals surface area contributed by atoms with Crippen LogP contribution in [-0.4, -0.2) is 99.1 Å². The largest absolute Gasteiger partial charge is 0.378 e. The lowest BCUT2D eigenvalue weighted by atomic mass is 10.0. The maximum absolute atomic E-state index is 12.8. The first-order valence-corrected chi connectivity index (χ1v) is 17.9. The van der Waals surface area contributed by atoms with E-state index in [4.69, 9.17) is 14.5 Å². The van der Waals surface area contributed by atoms with Crippen molar-refractivity contribution in [3.63, 3.8) is 0 Å². The van der Waals surface area contributed by atoms with Crippen LogP contribution in [0.4, 0.5) is 11.4 Å². The molecule has 0 bridgehead atoms. The van der Waals surface area contributed by atoms with Crippen LogP contribution in [0.3, 0.4) is 0 Å². The average Bonchev–Trinajstić information content (AvgIpc) is 3.09. The summed E-state index contributed by atoms with van der Waals surface area (Å²) in [5, 5.41) is 3.82. The van der Waals surface area contributed by atoms with Gasteiger partial charge in [0.25, 0.3) is 0 Å². The first-order valence-electron chi connectivity index (χ1n) is 16.3. The molecule has 2 atom stereocenters. The summed E-state index contributed by atoms with van der Waals surface area (Å²) in [4.78, 5) is 32.4. The van der Waals surface area contributed by atoms with Gasteiger partial charge in [-0.25, -0.2) is 0 Å². The fourth-order valence-corrected chi connectivity index (χ4v) is 8.67. The lowest BCUT2D eigenvalue weighted by Gasteiger charge is -2.38. The molecule has 2 aromatic carbocycles. The summed E-state index contributed by atoms with van der Waals surface area (Å²) >= 11 is 3.53. The number of morpholine rings is 2. The second-order valence-electron chi connectivity index (χ2n) is 12.6. The lowest BCUT2D eigenvalue weighted by Crippen LogP contribution is -2.48. The van der Waals surface area contributed by atoms with Crippen LogP contribution in [0.2, 0.25) is 0 Å². The Morgan fingerprint density at radius 3 is 2.68 bits per heavy atom. The molecule has 0 amide bonds. The topological polar surface area (TPSA) is 86.0 Å². The number of H-pyrrole nitrogens is 1. The molecule has 0 spiro atoms. The number of anilines is 2. The number of fused-ring (bicyclic) bond motifs is 2. The number of pyridine rings is 2. The molecule has 246 valence electrons. The Hall–Kier alpha value is -3.32. The molecular formula is C36H42N6O3S2. The van der Waals surface area contributed by atoms with Crippen LogP contribution in [0, 0.1) is 6.92 Å². The molecule has 11 heteroatoms. The van der Waals surface area contributed by atoms with Crippen LogP contribution in [0.1, 0.15) is 17.3 Å². The number of hydrogen-bond acceptors (Lipinski definition) is 10. The zero-order chi connectivity index (χ0) is 32.3. The van der Waals surface area contributed by atoms with Gasteiger partial charge in [-0.15, -0.1) is 0 Å². The molecule has 3 aliphatic heterocycles. The van der Waals surface area contributed by atoms with E-state index in [2.05, 4.69) is 101 Å². The highest BCUT2D eigenvalue weighted by atomic mass is 32.2. The van der Waals surface area contributed by atoms with Gasteiger partial charge in [-0.1, -0.05) is 41.7 Å². The highest BCUT2D eigenvalue weighted by molar-refractivity contribution is 8.05. The Labute approximate surface area is 285 Å². The molecule has 2 aromatic heterocycles. The summed E-state index contributed by atoms with van der Waals surface area (Å²) in [6.07, 6.45) is 1.91. The Morgan fingerprint density at radius 1 is 1.00 bits per heavy atom.